The molecule has 6 rings (SSSR count). The van der Waals surface area contributed by atoms with Crippen LogP contribution in [-0.4, -0.2) is 47.2 Å². The molecule has 10 nitrogen and oxygen atoms in total. The van der Waals surface area contributed by atoms with Crippen LogP contribution in [0.3, 0.4) is 0 Å². The van der Waals surface area contributed by atoms with Gasteiger partial charge < -0.3 is 14.8 Å². The fourth-order valence-electron chi connectivity index (χ4n) is 5.52. The Morgan fingerprint density at radius 2 is 1.62 bits per heavy atom. The Balaban J connectivity index is 1.35. The molecule has 1 aromatic heterocycles. The fraction of sp³-hybridized carbons (Fsp3) is 0.219. The molecule has 0 radical (unpaired) electrons. The summed E-state index contributed by atoms with van der Waals surface area (Å²) in [4.78, 5) is 67.6. The van der Waals surface area contributed by atoms with Gasteiger partial charge in [0, 0.05) is 16.5 Å². The summed E-state index contributed by atoms with van der Waals surface area (Å²) < 4.78 is 25.4. The first-order valence-corrected chi connectivity index (χ1v) is 15.6. The van der Waals surface area contributed by atoms with Crippen LogP contribution in [0.2, 0.25) is 0 Å². The predicted molar refractivity (Wildman–Crippen MR) is 166 cm³/mol. The van der Waals surface area contributed by atoms with Crippen molar-refractivity contribution in [3.63, 3.8) is 0 Å². The number of fused-ring (bicyclic) bond motifs is 2. The van der Waals surface area contributed by atoms with E-state index < -0.39 is 51.5 Å². The number of carbonyl (C=O) groups excluding carboxylic acids is 4. The summed E-state index contributed by atoms with van der Waals surface area (Å²) in [7, 11) is 1.53. The van der Waals surface area contributed by atoms with Gasteiger partial charge in [-0.1, -0.05) is 35.2 Å². The van der Waals surface area contributed by atoms with E-state index in [2.05, 4.69) is 5.32 Å². The van der Waals surface area contributed by atoms with Crippen LogP contribution < -0.4 is 19.8 Å². The van der Waals surface area contributed by atoms with Gasteiger partial charge in [-0.2, -0.15) is 0 Å². The molecule has 1 N–H and O–H groups in total. The normalized spacial score (nSPS) is 18.7. The van der Waals surface area contributed by atoms with Gasteiger partial charge in [0.05, 0.1) is 35.9 Å². The number of thiazole rings is 1. The maximum absolute atomic E-state index is 14.0. The molecule has 45 heavy (non-hydrogen) atoms. The Morgan fingerprint density at radius 3 is 2.27 bits per heavy atom. The number of aromatic nitrogens is 1. The summed E-state index contributed by atoms with van der Waals surface area (Å²) in [6.45, 7) is 1.57. The molecule has 0 aliphatic carbocycles. The molecule has 2 aliphatic heterocycles. The van der Waals surface area contributed by atoms with Crippen molar-refractivity contribution in [1.29, 1.82) is 0 Å². The smallest absolute Gasteiger partial charge is 0.338 e. The molecule has 230 valence electrons. The number of imide groups is 1. The second kappa shape index (κ2) is 12.3. The summed E-state index contributed by atoms with van der Waals surface area (Å²) in [5.41, 5.74) is 1.63. The number of esters is 1. The van der Waals surface area contributed by atoms with Crippen LogP contribution in [0.15, 0.2) is 82.6 Å². The second-order valence-electron chi connectivity index (χ2n) is 10.3. The van der Waals surface area contributed by atoms with Crippen molar-refractivity contribution in [3.8, 4) is 5.75 Å². The maximum Gasteiger partial charge on any atom is 0.338 e. The zero-order chi connectivity index (χ0) is 31.8. The van der Waals surface area contributed by atoms with Crippen molar-refractivity contribution < 1.29 is 33.0 Å². The van der Waals surface area contributed by atoms with Gasteiger partial charge in [0.1, 0.15) is 23.4 Å². The molecule has 3 aromatic carbocycles. The predicted octanol–water partition coefficient (Wildman–Crippen LogP) is 4.67. The monoisotopic (exact) mass is 647 g/mol. The van der Waals surface area contributed by atoms with Gasteiger partial charge in [-0.15, -0.1) is 0 Å². The minimum absolute atomic E-state index is 0.202. The van der Waals surface area contributed by atoms with Crippen molar-refractivity contribution in [1.82, 2.24) is 4.57 Å². The highest BCUT2D eigenvalue weighted by atomic mass is 32.2. The minimum Gasteiger partial charge on any atom is -0.497 e. The molecule has 0 saturated carbocycles. The topological polar surface area (TPSA) is 124 Å². The van der Waals surface area contributed by atoms with Crippen LogP contribution in [0.1, 0.15) is 33.6 Å². The Labute approximate surface area is 264 Å². The first kappa shape index (κ1) is 30.3. The zero-order valence-corrected chi connectivity index (χ0v) is 25.7. The maximum atomic E-state index is 14.0. The van der Waals surface area contributed by atoms with E-state index in [1.807, 2.05) is 0 Å². The number of methoxy groups -OCH3 is 1. The number of carbonyl (C=O) groups is 4. The van der Waals surface area contributed by atoms with Crippen molar-refractivity contribution >= 4 is 58.2 Å². The molecule has 3 atom stereocenters. The summed E-state index contributed by atoms with van der Waals surface area (Å²) in [6.07, 6.45) is 0. The number of anilines is 2. The van der Waals surface area contributed by atoms with E-state index in [1.165, 1.54) is 60.2 Å². The standard InChI is InChI=1S/C32H26FN3O7S2/c1-3-43-31(40)18-6-12-21(13-7-18)36-28(38)25-24(17-4-8-19(33)9-5-17)27-30(44-26(25)29(36)39)35(32(41)45-27)16-23(37)34-20-10-14-22(42-2)15-11-20/h4-15,24-26H,3,16H2,1-2H3,(H,34,37)/t24-,25?,26?/m1/s1. The van der Waals surface area contributed by atoms with Crippen molar-refractivity contribution in [2.45, 2.75) is 29.7 Å². The molecule has 3 heterocycles. The number of rotatable bonds is 8. The van der Waals surface area contributed by atoms with Gasteiger partial charge in [0.2, 0.25) is 17.7 Å². The van der Waals surface area contributed by atoms with E-state index in [9.17, 15) is 28.4 Å². The lowest BCUT2D eigenvalue weighted by Crippen LogP contribution is -2.33. The molecule has 0 bridgehead atoms. The molecule has 1 saturated heterocycles. The number of thioether (sulfide) groups is 1. The van der Waals surface area contributed by atoms with Crippen molar-refractivity contribution in [2.24, 2.45) is 5.92 Å². The van der Waals surface area contributed by atoms with Gasteiger partial charge >= 0.3 is 10.8 Å². The van der Waals surface area contributed by atoms with Crippen LogP contribution >= 0.6 is 23.1 Å². The molecular weight excluding hydrogens is 621 g/mol. The average molecular weight is 648 g/mol. The zero-order valence-electron chi connectivity index (χ0n) is 24.0. The number of hydrogen-bond donors (Lipinski definition) is 1. The lowest BCUT2D eigenvalue weighted by molar-refractivity contribution is -0.122. The van der Waals surface area contributed by atoms with Crippen molar-refractivity contribution in [2.75, 3.05) is 23.9 Å². The molecule has 1 fully saturated rings. The van der Waals surface area contributed by atoms with Gasteiger partial charge in [-0.3, -0.25) is 23.7 Å². The van der Waals surface area contributed by atoms with E-state index in [-0.39, 0.29) is 24.4 Å². The molecule has 13 heteroatoms. The SMILES string of the molecule is CCOC(=O)c1ccc(N2C(=O)C3Sc4c(sc(=O)n4CC(=O)Nc4ccc(OC)cc4)[C@H](c4ccc(F)cc4)C3C2=O)cc1. The molecule has 4 aromatic rings. The highest BCUT2D eigenvalue weighted by Crippen LogP contribution is 2.53. The number of hydrogen-bond acceptors (Lipinski definition) is 9. The first-order chi connectivity index (χ1) is 21.7. The summed E-state index contributed by atoms with van der Waals surface area (Å²) in [5.74, 6) is -3.45. The van der Waals surface area contributed by atoms with Gasteiger partial charge in [-0.05, 0) is 73.2 Å². The highest BCUT2D eigenvalue weighted by molar-refractivity contribution is 8.00. The lowest BCUT2D eigenvalue weighted by Gasteiger charge is -2.30. The number of halogens is 1. The number of benzene rings is 3. The second-order valence-corrected chi connectivity index (χ2v) is 12.4. The molecule has 2 aliphatic rings. The fourth-order valence-corrected chi connectivity index (χ4v) is 8.29. The quantitative estimate of drug-likeness (QED) is 0.216. The third kappa shape index (κ3) is 5.64. The molecule has 3 amide bonds. The highest BCUT2D eigenvalue weighted by Gasteiger charge is 2.56. The van der Waals surface area contributed by atoms with Crippen molar-refractivity contribution in [3.05, 3.63) is 104 Å². The molecular formula is C32H26FN3O7S2. The Hall–Kier alpha value is -4.75. The van der Waals surface area contributed by atoms with E-state index in [4.69, 9.17) is 9.47 Å². The van der Waals surface area contributed by atoms with E-state index in [0.717, 1.165) is 28.0 Å². The first-order valence-electron chi connectivity index (χ1n) is 13.9. The Kier molecular flexibility index (Phi) is 8.30. The number of ether oxygens (including phenoxy) is 2. The Bertz CT molecular complexity index is 1850. The number of nitrogens with one attached hydrogen (secondary N) is 1. The third-order valence-corrected chi connectivity index (χ3v) is 10.2. The summed E-state index contributed by atoms with van der Waals surface area (Å²) >= 11 is 1.97. The lowest BCUT2D eigenvalue weighted by atomic mass is 9.83. The van der Waals surface area contributed by atoms with Crippen LogP contribution in [0, 0.1) is 11.7 Å². The molecule has 0 spiro atoms. The number of amides is 3. The summed E-state index contributed by atoms with van der Waals surface area (Å²) in [6, 6.07) is 18.3. The molecule has 2 unspecified atom stereocenters. The van der Waals surface area contributed by atoms with Gasteiger partial charge in [-0.25, -0.2) is 14.1 Å². The number of nitrogens with zero attached hydrogens (tertiary/aromatic N) is 2. The van der Waals surface area contributed by atoms with Crippen LogP contribution in [-0.2, 0) is 25.7 Å². The van der Waals surface area contributed by atoms with Crippen LogP contribution in [0.25, 0.3) is 0 Å². The van der Waals surface area contributed by atoms with Gasteiger partial charge in [0.15, 0.2) is 0 Å². The van der Waals surface area contributed by atoms with E-state index in [1.54, 1.807) is 31.2 Å². The van der Waals surface area contributed by atoms with E-state index in [0.29, 0.717) is 26.9 Å². The average Bonchev–Trinajstić information content (AvgIpc) is 3.48. The van der Waals surface area contributed by atoms with E-state index >= 15 is 0 Å². The van der Waals surface area contributed by atoms with Crippen LogP contribution in [0.4, 0.5) is 15.8 Å². The van der Waals surface area contributed by atoms with Crippen LogP contribution in [0.5, 0.6) is 5.75 Å². The van der Waals surface area contributed by atoms with Gasteiger partial charge in [0.25, 0.3) is 0 Å². The third-order valence-electron chi connectivity index (χ3n) is 7.59. The Morgan fingerprint density at radius 1 is 0.933 bits per heavy atom. The minimum atomic E-state index is -0.922. The largest absolute Gasteiger partial charge is 0.497 e. The summed E-state index contributed by atoms with van der Waals surface area (Å²) in [5, 5.41) is 2.25.